The van der Waals surface area contributed by atoms with Crippen LogP contribution in [-0.2, 0) is 11.3 Å². The van der Waals surface area contributed by atoms with E-state index in [1.165, 1.54) is 13.1 Å². The summed E-state index contributed by atoms with van der Waals surface area (Å²) >= 11 is 0. The molecular weight excluding hydrogens is 469 g/mol. The first-order chi connectivity index (χ1) is 16.3. The molecular formula is C24H28F5N5O. The van der Waals surface area contributed by atoms with Crippen molar-refractivity contribution in [1.29, 1.82) is 5.41 Å². The van der Waals surface area contributed by atoms with Crippen LogP contribution >= 0.6 is 0 Å². The van der Waals surface area contributed by atoms with Crippen LogP contribution in [0.1, 0.15) is 56.2 Å². The van der Waals surface area contributed by atoms with Crippen LogP contribution in [-0.4, -0.2) is 39.9 Å². The number of anilines is 1. The summed E-state index contributed by atoms with van der Waals surface area (Å²) in [6.07, 6.45) is -1.82. The molecule has 11 heteroatoms. The van der Waals surface area contributed by atoms with Gasteiger partial charge < -0.3 is 11.1 Å². The summed E-state index contributed by atoms with van der Waals surface area (Å²) in [6.45, 7) is 2.07. The lowest BCUT2D eigenvalue weighted by molar-refractivity contribution is -0.142. The number of ketones is 1. The molecule has 190 valence electrons. The number of rotatable bonds is 8. The number of alkyl halides is 5. The Morgan fingerprint density at radius 1 is 1.23 bits per heavy atom. The average Bonchev–Trinajstić information content (AvgIpc) is 3.19. The molecule has 1 aliphatic carbocycles. The van der Waals surface area contributed by atoms with Crippen LogP contribution in [0.5, 0.6) is 0 Å². The van der Waals surface area contributed by atoms with Gasteiger partial charge in [0.25, 0.3) is 0 Å². The summed E-state index contributed by atoms with van der Waals surface area (Å²) in [5, 5.41) is 15.5. The second-order valence-corrected chi connectivity index (χ2v) is 8.97. The standard InChI is InChI=1S/C24H28F5N5O/c1-14(30)21(15(2)35)17-3-4-19(22(31)18-11-33-34(12-18)13-24(27,28)29)20(9-17)32-10-16-5-7-23(25,26)8-6-16/h3-4,9,11-12,16,31-32H,5-8,10,13,30H2,1-2H3. The minimum absolute atomic E-state index is 0.00563. The van der Waals surface area contributed by atoms with Crippen LogP contribution in [0.3, 0.4) is 0 Å². The van der Waals surface area contributed by atoms with Crippen molar-refractivity contribution in [2.45, 2.75) is 58.2 Å². The molecule has 1 fully saturated rings. The molecule has 1 aromatic heterocycles. The van der Waals surface area contributed by atoms with Crippen molar-refractivity contribution in [3.63, 3.8) is 0 Å². The number of nitrogens with one attached hydrogen (secondary N) is 2. The van der Waals surface area contributed by atoms with Crippen molar-refractivity contribution >= 4 is 22.8 Å². The van der Waals surface area contributed by atoms with E-state index >= 15 is 0 Å². The second-order valence-electron chi connectivity index (χ2n) is 8.97. The number of nitrogens with zero attached hydrogens (tertiary/aromatic N) is 2. The molecule has 0 bridgehead atoms. The fourth-order valence-corrected chi connectivity index (χ4v) is 4.25. The van der Waals surface area contributed by atoms with Crippen LogP contribution < -0.4 is 11.1 Å². The predicted octanol–water partition coefficient (Wildman–Crippen LogP) is 5.38. The Morgan fingerprint density at radius 3 is 2.46 bits per heavy atom. The van der Waals surface area contributed by atoms with Crippen molar-refractivity contribution in [2.75, 3.05) is 11.9 Å². The minimum atomic E-state index is -4.45. The van der Waals surface area contributed by atoms with Gasteiger partial charge in [0.15, 0.2) is 5.78 Å². The van der Waals surface area contributed by atoms with Gasteiger partial charge in [-0.25, -0.2) is 8.78 Å². The van der Waals surface area contributed by atoms with Crippen LogP contribution in [0.15, 0.2) is 36.3 Å². The van der Waals surface area contributed by atoms with Crippen LogP contribution in [0, 0.1) is 11.3 Å². The highest BCUT2D eigenvalue weighted by molar-refractivity contribution is 6.21. The molecule has 3 rings (SSSR count). The Morgan fingerprint density at radius 2 is 1.89 bits per heavy atom. The number of carbonyl (C=O) groups excluding carboxylic acids is 1. The maximum Gasteiger partial charge on any atom is 0.408 e. The third-order valence-corrected chi connectivity index (χ3v) is 6.01. The number of halogens is 5. The van der Waals surface area contributed by atoms with Crippen molar-refractivity contribution < 1.29 is 26.7 Å². The zero-order valence-electron chi connectivity index (χ0n) is 19.5. The molecule has 0 atom stereocenters. The van der Waals surface area contributed by atoms with Crippen LogP contribution in [0.25, 0.3) is 5.57 Å². The zero-order chi connectivity index (χ0) is 26.0. The summed E-state index contributed by atoms with van der Waals surface area (Å²) < 4.78 is 65.9. The molecule has 1 heterocycles. The van der Waals surface area contributed by atoms with E-state index in [4.69, 9.17) is 11.1 Å². The van der Waals surface area contributed by atoms with E-state index in [2.05, 4.69) is 10.4 Å². The second kappa shape index (κ2) is 10.2. The van der Waals surface area contributed by atoms with Crippen molar-refractivity contribution in [3.8, 4) is 0 Å². The summed E-state index contributed by atoms with van der Waals surface area (Å²) in [5.41, 5.74) is 7.97. The highest BCUT2D eigenvalue weighted by Crippen LogP contribution is 2.36. The van der Waals surface area contributed by atoms with Crippen molar-refractivity contribution in [3.05, 3.63) is 53.0 Å². The third-order valence-electron chi connectivity index (χ3n) is 6.01. The van der Waals surface area contributed by atoms with Gasteiger partial charge in [-0.3, -0.25) is 14.9 Å². The van der Waals surface area contributed by atoms with Gasteiger partial charge in [0.2, 0.25) is 5.92 Å². The number of aromatic nitrogens is 2. The molecule has 0 spiro atoms. The Bertz CT molecular complexity index is 1120. The molecule has 0 aliphatic heterocycles. The molecule has 6 nitrogen and oxygen atoms in total. The van der Waals surface area contributed by atoms with E-state index in [9.17, 15) is 26.7 Å². The minimum Gasteiger partial charge on any atom is -0.402 e. The lowest BCUT2D eigenvalue weighted by atomic mass is 9.86. The van der Waals surface area contributed by atoms with E-state index in [0.717, 1.165) is 6.20 Å². The fourth-order valence-electron chi connectivity index (χ4n) is 4.25. The molecule has 4 N–H and O–H groups in total. The molecule has 1 saturated carbocycles. The Labute approximate surface area is 199 Å². The Kier molecular flexibility index (Phi) is 7.66. The monoisotopic (exact) mass is 497 g/mol. The topological polar surface area (TPSA) is 96.8 Å². The van der Waals surface area contributed by atoms with E-state index in [1.54, 1.807) is 25.1 Å². The SMILES string of the molecule is CC(=O)C(=C(C)N)c1ccc(C(=N)c2cnn(CC(F)(F)F)c2)c(NCC2CCC(F)(F)CC2)c1. The predicted molar refractivity (Wildman–Crippen MR) is 124 cm³/mol. The van der Waals surface area contributed by atoms with Crippen molar-refractivity contribution in [2.24, 2.45) is 11.7 Å². The normalized spacial score (nSPS) is 17.1. The first-order valence-corrected chi connectivity index (χ1v) is 11.2. The van der Waals surface area contributed by atoms with Gasteiger partial charge in [-0.05, 0) is 44.2 Å². The highest BCUT2D eigenvalue weighted by atomic mass is 19.4. The molecule has 1 aromatic carbocycles. The molecule has 0 saturated heterocycles. The number of allylic oxidation sites excluding steroid dienone is 2. The average molecular weight is 498 g/mol. The van der Waals surface area contributed by atoms with Crippen LogP contribution in [0.4, 0.5) is 27.6 Å². The number of benzene rings is 1. The number of hydrogen-bond donors (Lipinski definition) is 3. The van der Waals surface area contributed by atoms with Gasteiger partial charge >= 0.3 is 6.18 Å². The number of hydrogen-bond acceptors (Lipinski definition) is 5. The largest absolute Gasteiger partial charge is 0.408 e. The zero-order valence-corrected chi connectivity index (χ0v) is 19.5. The van der Waals surface area contributed by atoms with Gasteiger partial charge in [0.1, 0.15) is 6.54 Å². The van der Waals surface area contributed by atoms with E-state index < -0.39 is 18.6 Å². The van der Waals surface area contributed by atoms with Gasteiger partial charge in [-0.2, -0.15) is 18.3 Å². The molecule has 2 aromatic rings. The third kappa shape index (κ3) is 6.89. The fraction of sp³-hybridized carbons (Fsp3) is 0.458. The first-order valence-electron chi connectivity index (χ1n) is 11.2. The summed E-state index contributed by atoms with van der Waals surface area (Å²) in [7, 11) is 0. The maximum atomic E-state index is 13.5. The lowest BCUT2D eigenvalue weighted by Crippen LogP contribution is -2.28. The Hall–Kier alpha value is -3.24. The molecule has 0 radical (unpaired) electrons. The van der Waals surface area contributed by atoms with E-state index in [1.807, 2.05) is 0 Å². The summed E-state index contributed by atoms with van der Waals surface area (Å²) in [6, 6.07) is 4.85. The van der Waals surface area contributed by atoms with Crippen molar-refractivity contribution in [1.82, 2.24) is 9.78 Å². The maximum absolute atomic E-state index is 13.5. The molecule has 0 unspecified atom stereocenters. The lowest BCUT2D eigenvalue weighted by Gasteiger charge is -2.29. The highest BCUT2D eigenvalue weighted by Gasteiger charge is 2.35. The molecule has 35 heavy (non-hydrogen) atoms. The summed E-state index contributed by atoms with van der Waals surface area (Å²) in [5.74, 6) is -2.91. The first kappa shape index (κ1) is 26.4. The number of Topliss-reactive ketones (excluding diaryl/α,β-unsaturated/α-hetero) is 1. The van der Waals surface area contributed by atoms with Gasteiger partial charge in [0.05, 0.1) is 11.9 Å². The summed E-state index contributed by atoms with van der Waals surface area (Å²) in [4.78, 5) is 12.1. The molecule has 1 aliphatic rings. The Balaban J connectivity index is 1.91. The number of carbonyl (C=O) groups is 1. The molecule has 0 amide bonds. The van der Waals surface area contributed by atoms with Crippen LogP contribution in [0.2, 0.25) is 0 Å². The van der Waals surface area contributed by atoms with Gasteiger partial charge in [0, 0.05) is 53.7 Å². The quantitative estimate of drug-likeness (QED) is 0.259. The smallest absolute Gasteiger partial charge is 0.402 e. The van der Waals surface area contributed by atoms with Gasteiger partial charge in [-0.1, -0.05) is 12.1 Å². The van der Waals surface area contributed by atoms with Gasteiger partial charge in [-0.15, -0.1) is 0 Å². The van der Waals surface area contributed by atoms with E-state index in [-0.39, 0.29) is 35.8 Å². The van der Waals surface area contributed by atoms with E-state index in [0.29, 0.717) is 52.2 Å². The number of nitrogens with two attached hydrogens (primary N) is 1.